The summed E-state index contributed by atoms with van der Waals surface area (Å²) in [7, 11) is 0. The molecular formula is C12H16O4. The van der Waals surface area contributed by atoms with E-state index in [1.165, 1.54) is 12.1 Å². The van der Waals surface area contributed by atoms with E-state index in [0.29, 0.717) is 12.0 Å². The molecule has 0 unspecified atom stereocenters. The molecule has 2 N–H and O–H groups in total. The van der Waals surface area contributed by atoms with E-state index in [-0.39, 0.29) is 11.1 Å². The van der Waals surface area contributed by atoms with Gasteiger partial charge in [-0.1, -0.05) is 20.8 Å². The summed E-state index contributed by atoms with van der Waals surface area (Å²) in [5, 5.41) is 17.4. The Kier molecular flexibility index (Phi) is 5.85. The minimum atomic E-state index is -1.11. The monoisotopic (exact) mass is 224 g/mol. The Bertz CT molecular complexity index is 350. The smallest absolute Gasteiger partial charge is 0.335 e. The van der Waals surface area contributed by atoms with Gasteiger partial charge in [-0.25, -0.2) is 9.59 Å². The number of hydrogen-bond acceptors (Lipinski definition) is 2. The molecule has 4 heteroatoms. The number of aromatic carboxylic acids is 2. The zero-order valence-corrected chi connectivity index (χ0v) is 9.65. The minimum Gasteiger partial charge on any atom is -0.478 e. The van der Waals surface area contributed by atoms with Crippen LogP contribution >= 0.6 is 0 Å². The molecule has 0 aliphatic heterocycles. The lowest BCUT2D eigenvalue weighted by Crippen LogP contribution is -2.03. The molecule has 1 rings (SSSR count). The third-order valence-corrected chi connectivity index (χ3v) is 1.89. The Morgan fingerprint density at radius 3 is 1.62 bits per heavy atom. The molecule has 0 heterocycles. The van der Waals surface area contributed by atoms with Gasteiger partial charge in [0.15, 0.2) is 0 Å². The van der Waals surface area contributed by atoms with Crippen LogP contribution in [0.3, 0.4) is 0 Å². The molecule has 0 amide bonds. The predicted molar refractivity (Wildman–Crippen MR) is 61.1 cm³/mol. The van der Waals surface area contributed by atoms with Gasteiger partial charge in [0.1, 0.15) is 0 Å². The largest absolute Gasteiger partial charge is 0.478 e. The molecule has 0 fully saturated rings. The lowest BCUT2D eigenvalue weighted by atomic mass is 10.0. The van der Waals surface area contributed by atoms with Crippen LogP contribution < -0.4 is 0 Å². The maximum atomic E-state index is 10.7. The molecule has 0 bridgehead atoms. The standard InChI is InChI=1S/C10H10O4.C2H6/c1-2-6-3-7(9(11)12)5-8(4-6)10(13)14;1-2/h3-5H,2H2,1H3,(H,11,12)(H,13,14);1-2H3. The molecule has 88 valence electrons. The van der Waals surface area contributed by atoms with Crippen LogP contribution in [0.2, 0.25) is 0 Å². The fraction of sp³-hybridized carbons (Fsp3) is 0.333. The van der Waals surface area contributed by atoms with E-state index in [1.54, 1.807) is 0 Å². The average molecular weight is 224 g/mol. The van der Waals surface area contributed by atoms with Gasteiger partial charge < -0.3 is 10.2 Å². The Morgan fingerprint density at radius 2 is 1.38 bits per heavy atom. The van der Waals surface area contributed by atoms with Crippen LogP contribution in [0, 0.1) is 0 Å². The molecule has 0 radical (unpaired) electrons. The lowest BCUT2D eigenvalue weighted by molar-refractivity contribution is 0.0696. The van der Waals surface area contributed by atoms with Crippen LogP contribution in [-0.2, 0) is 6.42 Å². The number of carboxylic acid groups (broad SMARTS) is 2. The van der Waals surface area contributed by atoms with E-state index < -0.39 is 11.9 Å². The van der Waals surface area contributed by atoms with E-state index >= 15 is 0 Å². The maximum Gasteiger partial charge on any atom is 0.335 e. The Morgan fingerprint density at radius 1 is 1.00 bits per heavy atom. The molecule has 0 spiro atoms. The van der Waals surface area contributed by atoms with Gasteiger partial charge in [0.2, 0.25) is 0 Å². The van der Waals surface area contributed by atoms with Gasteiger partial charge in [0.05, 0.1) is 11.1 Å². The molecule has 16 heavy (non-hydrogen) atoms. The first kappa shape index (κ1) is 14.2. The second-order valence-electron chi connectivity index (χ2n) is 2.88. The molecule has 0 saturated carbocycles. The quantitative estimate of drug-likeness (QED) is 0.827. The maximum absolute atomic E-state index is 10.7. The SMILES string of the molecule is CC.CCc1cc(C(=O)O)cc(C(=O)O)c1. The number of aryl methyl sites for hydroxylation is 1. The van der Waals surface area contributed by atoms with Crippen LogP contribution in [0.5, 0.6) is 0 Å². The highest BCUT2D eigenvalue weighted by atomic mass is 16.4. The van der Waals surface area contributed by atoms with Crippen molar-refractivity contribution in [3.8, 4) is 0 Å². The van der Waals surface area contributed by atoms with Gasteiger partial charge in [-0.15, -0.1) is 0 Å². The highest BCUT2D eigenvalue weighted by Gasteiger charge is 2.10. The number of carbonyl (C=O) groups is 2. The predicted octanol–water partition coefficient (Wildman–Crippen LogP) is 2.67. The second-order valence-corrected chi connectivity index (χ2v) is 2.88. The Hall–Kier alpha value is -1.84. The number of carboxylic acids is 2. The fourth-order valence-electron chi connectivity index (χ4n) is 1.14. The highest BCUT2D eigenvalue weighted by Crippen LogP contribution is 2.11. The molecule has 0 aromatic heterocycles. The van der Waals surface area contributed by atoms with Gasteiger partial charge in [0.25, 0.3) is 0 Å². The van der Waals surface area contributed by atoms with Crippen molar-refractivity contribution in [1.82, 2.24) is 0 Å². The third kappa shape index (κ3) is 3.73. The summed E-state index contributed by atoms with van der Waals surface area (Å²) in [5.41, 5.74) is 0.741. The van der Waals surface area contributed by atoms with Gasteiger partial charge >= 0.3 is 11.9 Å². The second kappa shape index (κ2) is 6.61. The molecule has 4 nitrogen and oxygen atoms in total. The summed E-state index contributed by atoms with van der Waals surface area (Å²) in [6.07, 6.45) is 0.612. The first-order valence-corrected chi connectivity index (χ1v) is 5.15. The van der Waals surface area contributed by atoms with Gasteiger partial charge in [-0.05, 0) is 30.2 Å². The summed E-state index contributed by atoms with van der Waals surface area (Å²) in [5.74, 6) is -2.22. The molecule has 0 atom stereocenters. The highest BCUT2D eigenvalue weighted by molar-refractivity contribution is 5.94. The summed E-state index contributed by atoms with van der Waals surface area (Å²) < 4.78 is 0. The Balaban J connectivity index is 0.00000106. The van der Waals surface area contributed by atoms with Gasteiger partial charge in [-0.2, -0.15) is 0 Å². The molecule has 1 aromatic rings. The van der Waals surface area contributed by atoms with E-state index in [2.05, 4.69) is 0 Å². The molecule has 1 aromatic carbocycles. The lowest BCUT2D eigenvalue weighted by Gasteiger charge is -2.02. The van der Waals surface area contributed by atoms with Crippen LogP contribution in [0.15, 0.2) is 18.2 Å². The van der Waals surface area contributed by atoms with E-state index in [1.807, 2.05) is 20.8 Å². The topological polar surface area (TPSA) is 74.6 Å². The van der Waals surface area contributed by atoms with E-state index in [4.69, 9.17) is 10.2 Å². The van der Waals surface area contributed by atoms with Crippen molar-refractivity contribution in [1.29, 1.82) is 0 Å². The van der Waals surface area contributed by atoms with Crippen molar-refractivity contribution in [3.05, 3.63) is 34.9 Å². The van der Waals surface area contributed by atoms with Crippen LogP contribution in [0.1, 0.15) is 47.1 Å². The summed E-state index contributed by atoms with van der Waals surface area (Å²) in [6, 6.07) is 4.12. The number of rotatable bonds is 3. The average Bonchev–Trinajstić information content (AvgIpc) is 2.30. The molecular weight excluding hydrogens is 208 g/mol. The number of benzene rings is 1. The summed E-state index contributed by atoms with van der Waals surface area (Å²) in [4.78, 5) is 21.3. The third-order valence-electron chi connectivity index (χ3n) is 1.89. The zero-order valence-electron chi connectivity index (χ0n) is 9.65. The zero-order chi connectivity index (χ0) is 12.7. The molecule has 0 saturated heterocycles. The van der Waals surface area contributed by atoms with Crippen molar-refractivity contribution in [2.75, 3.05) is 0 Å². The first-order valence-electron chi connectivity index (χ1n) is 5.15. The van der Waals surface area contributed by atoms with Crippen molar-refractivity contribution in [3.63, 3.8) is 0 Å². The molecule has 0 aliphatic carbocycles. The van der Waals surface area contributed by atoms with Gasteiger partial charge in [-0.3, -0.25) is 0 Å². The van der Waals surface area contributed by atoms with Gasteiger partial charge in [0, 0.05) is 0 Å². The molecule has 0 aliphatic rings. The summed E-state index contributed by atoms with van der Waals surface area (Å²) >= 11 is 0. The number of hydrogen-bond donors (Lipinski definition) is 2. The first-order chi connectivity index (χ1) is 7.54. The van der Waals surface area contributed by atoms with E-state index in [0.717, 1.165) is 6.07 Å². The summed E-state index contributed by atoms with van der Waals surface area (Å²) in [6.45, 7) is 5.84. The van der Waals surface area contributed by atoms with E-state index in [9.17, 15) is 9.59 Å². The van der Waals surface area contributed by atoms with Crippen LogP contribution in [0.4, 0.5) is 0 Å². The van der Waals surface area contributed by atoms with Crippen LogP contribution in [0.25, 0.3) is 0 Å². The Labute approximate surface area is 94.5 Å². The van der Waals surface area contributed by atoms with Crippen molar-refractivity contribution in [2.24, 2.45) is 0 Å². The van der Waals surface area contributed by atoms with Crippen LogP contribution in [-0.4, -0.2) is 22.2 Å². The minimum absolute atomic E-state index is 0.0155. The van der Waals surface area contributed by atoms with Crippen molar-refractivity contribution in [2.45, 2.75) is 27.2 Å². The normalized spacial score (nSPS) is 8.94. The van der Waals surface area contributed by atoms with Crippen molar-refractivity contribution >= 4 is 11.9 Å². The fourth-order valence-corrected chi connectivity index (χ4v) is 1.14. The van der Waals surface area contributed by atoms with Crippen molar-refractivity contribution < 1.29 is 19.8 Å².